The summed E-state index contributed by atoms with van der Waals surface area (Å²) in [5.41, 5.74) is 37.1. The first-order chi connectivity index (χ1) is 70.9. The Labute approximate surface area is 810 Å². The summed E-state index contributed by atoms with van der Waals surface area (Å²) in [6.07, 6.45) is 0. The van der Waals surface area contributed by atoms with E-state index in [0.29, 0.717) is 0 Å². The Morgan fingerprint density at radius 1 is 0.160 bits per heavy atom. The van der Waals surface area contributed by atoms with Gasteiger partial charge in [0, 0.05) is 108 Å². The number of hydrogen-bond donors (Lipinski definition) is 0. The first-order valence-electron chi connectivity index (χ1n) is 47.9. The lowest BCUT2D eigenvalue weighted by Crippen LogP contribution is -1.87. The standard InChI is InChI=1S/6C20H13N3O/c1-22-15-7-3-4-8-16(15)23-17-10-13-12-6-2-5-9-18(12)24-19(13)11-14(17)21-20(22)23;1-22-15-7-3-4-8-16(15)23-17-11-19-13(10-14(17)21-20(22)23)12-6-2-5-9-18(12)24-19;1-22-14-7-3-4-8-15(14)23-19-13(21-20(22)23)10-11-17-18(19)12-6-2-5-9-16(12)24-17;1-22-15-7-3-4-8-16(15)23-18-14(21-20(22)23)11-10-13-12-6-2-5-9-17(12)24-19(13)18;1-22-14-7-3-4-8-15(14)23-16-11-10-13-12-6-2-5-9-17(12)24-19(13)18(16)21-20(22)23;1-22-13-7-3-4-8-14(13)23-15-10-11-17-18(19(15)21-20(22)23)12-6-2-5-9-16(12)24-17/h6*2-11H,1H3. The van der Waals surface area contributed by atoms with Crippen LogP contribution < -0.4 is 0 Å². The third-order valence-corrected chi connectivity index (χ3v) is 29.6. The average molecular weight is 1870 g/mol. The summed E-state index contributed by atoms with van der Waals surface area (Å²) in [4.78, 5) is 29.3. The Bertz CT molecular complexity index is 11800. The predicted octanol–water partition coefficient (Wildman–Crippen LogP) is 29.3. The number of fused-ring (bicyclic) bond motifs is 52. The van der Waals surface area contributed by atoms with Crippen molar-refractivity contribution in [2.45, 2.75) is 0 Å². The molecule has 0 fully saturated rings. The minimum atomic E-state index is 0.862. The van der Waals surface area contributed by atoms with Gasteiger partial charge < -0.3 is 53.9 Å². The Morgan fingerprint density at radius 3 is 0.931 bits per heavy atom. The third kappa shape index (κ3) is 11.0. The number of rotatable bonds is 0. The summed E-state index contributed by atoms with van der Waals surface area (Å²) in [5.74, 6) is 5.65. The van der Waals surface area contributed by atoms with Crippen molar-refractivity contribution in [1.29, 1.82) is 0 Å². The van der Waals surface area contributed by atoms with E-state index in [-0.39, 0.29) is 0 Å². The number of aromatic nitrogens is 18. The molecule has 18 aromatic carbocycles. The van der Waals surface area contributed by atoms with Gasteiger partial charge in [0.1, 0.15) is 72.4 Å². The Kier molecular flexibility index (Phi) is 16.3. The number of nitrogens with zero attached hydrogens (tertiary/aromatic N) is 18. The number of aryl methyl sites for hydroxylation is 6. The molecule has 18 heterocycles. The average Bonchev–Trinajstić information content (AvgIpc) is 1.56. The Hall–Kier alpha value is -19.6. The van der Waals surface area contributed by atoms with Crippen molar-refractivity contribution in [2.24, 2.45) is 42.3 Å². The molecule has 0 spiro atoms. The van der Waals surface area contributed by atoms with Crippen LogP contribution in [0.1, 0.15) is 0 Å². The van der Waals surface area contributed by atoms with Crippen LogP contribution in [0, 0.1) is 0 Å². The fourth-order valence-electron chi connectivity index (χ4n) is 22.9. The number of para-hydroxylation sites is 18. The summed E-state index contributed by atoms with van der Waals surface area (Å²) < 4.78 is 62.6. The molecule has 0 amide bonds. The normalized spacial score (nSPS) is 12.4. The molecule has 36 aromatic rings. The van der Waals surface area contributed by atoms with Gasteiger partial charge in [0.05, 0.1) is 127 Å². The van der Waals surface area contributed by atoms with E-state index in [0.717, 1.165) is 260 Å². The molecule has 0 aliphatic rings. The summed E-state index contributed by atoms with van der Waals surface area (Å²) in [6.45, 7) is 0. The maximum absolute atomic E-state index is 6.22. The first-order valence-corrected chi connectivity index (χ1v) is 47.9. The molecule has 0 unspecified atom stereocenters. The Balaban J connectivity index is 0.0000000788. The molecule has 18 aromatic heterocycles. The fraction of sp³-hybridized carbons (Fsp3) is 0.0500. The van der Waals surface area contributed by atoms with E-state index in [2.05, 4.69) is 333 Å². The lowest BCUT2D eigenvalue weighted by molar-refractivity contribution is 0.669. The van der Waals surface area contributed by atoms with Gasteiger partial charge in [-0.25, -0.2) is 29.9 Å². The summed E-state index contributed by atoms with van der Waals surface area (Å²) in [6, 6.07) is 124. The van der Waals surface area contributed by atoms with Gasteiger partial charge in [-0.05, 0) is 170 Å². The zero-order valence-electron chi connectivity index (χ0n) is 78.1. The number of hydrogen-bond acceptors (Lipinski definition) is 12. The zero-order valence-corrected chi connectivity index (χ0v) is 78.1. The van der Waals surface area contributed by atoms with Crippen molar-refractivity contribution >= 4 is 299 Å². The predicted molar refractivity (Wildman–Crippen MR) is 579 cm³/mol. The molecule has 0 bridgehead atoms. The van der Waals surface area contributed by atoms with Gasteiger partial charge >= 0.3 is 0 Å². The maximum Gasteiger partial charge on any atom is 0.215 e. The molecule has 144 heavy (non-hydrogen) atoms. The highest BCUT2D eigenvalue weighted by Crippen LogP contribution is 2.45. The van der Waals surface area contributed by atoms with Gasteiger partial charge in [0.2, 0.25) is 34.7 Å². The van der Waals surface area contributed by atoms with Gasteiger partial charge in [-0.15, -0.1) is 0 Å². The number of furan rings is 6. The lowest BCUT2D eigenvalue weighted by atomic mass is 10.1. The van der Waals surface area contributed by atoms with E-state index in [1.165, 1.54) is 38.6 Å². The van der Waals surface area contributed by atoms with Gasteiger partial charge in [-0.3, -0.25) is 26.4 Å². The SMILES string of the molecule is Cn1c2ccccc2n2c3c(ccc4c5ccccc5oc43)nc12.Cn1c2ccccc2n2c3c(ccc4oc5ccccc5c43)nc12.Cn1c2ccccc2n2c3cc4c(cc3nc12)oc1ccccc14.Cn1c2ccccc2n2c3cc4oc5ccccc5c4cc3nc12.Cn1c2ccccc2n2c3ccc4c5ccccc5oc4c3nc12.Cn1c2ccccc2n2c3ccc4oc5ccccc5c4c3nc12. The molecule has 0 radical (unpaired) electrons. The van der Waals surface area contributed by atoms with E-state index < -0.39 is 0 Å². The van der Waals surface area contributed by atoms with Gasteiger partial charge in [-0.2, -0.15) is 0 Å². The van der Waals surface area contributed by atoms with Gasteiger partial charge in [-0.1, -0.05) is 182 Å². The van der Waals surface area contributed by atoms with Crippen molar-refractivity contribution in [3.63, 3.8) is 0 Å². The van der Waals surface area contributed by atoms with E-state index in [9.17, 15) is 0 Å². The summed E-state index contributed by atoms with van der Waals surface area (Å²) >= 11 is 0. The van der Waals surface area contributed by atoms with Crippen LogP contribution in [-0.2, 0) is 42.3 Å². The minimum absolute atomic E-state index is 0.862. The molecule has 0 aliphatic heterocycles. The second-order valence-electron chi connectivity index (χ2n) is 37.3. The van der Waals surface area contributed by atoms with Crippen LogP contribution in [0.5, 0.6) is 0 Å². The molecular formula is C120H78N18O6. The topological polar surface area (TPSA) is 212 Å². The van der Waals surface area contributed by atoms with Crippen LogP contribution in [0.15, 0.2) is 390 Å². The highest BCUT2D eigenvalue weighted by atomic mass is 16.3. The molecule has 24 nitrogen and oxygen atoms in total. The van der Waals surface area contributed by atoms with Crippen molar-refractivity contribution in [3.05, 3.63) is 364 Å². The third-order valence-electron chi connectivity index (χ3n) is 29.6. The van der Waals surface area contributed by atoms with Gasteiger partial charge in [0.15, 0.2) is 11.2 Å². The van der Waals surface area contributed by atoms with E-state index >= 15 is 0 Å². The van der Waals surface area contributed by atoms with Crippen molar-refractivity contribution in [3.8, 4) is 0 Å². The molecule has 684 valence electrons. The van der Waals surface area contributed by atoms with Crippen LogP contribution >= 0.6 is 0 Å². The van der Waals surface area contributed by atoms with Crippen LogP contribution in [0.25, 0.3) is 299 Å². The summed E-state index contributed by atoms with van der Waals surface area (Å²) in [5, 5.41) is 13.5. The van der Waals surface area contributed by atoms with E-state index in [1.807, 2.05) is 127 Å². The fourth-order valence-corrected chi connectivity index (χ4v) is 22.9. The molecule has 0 N–H and O–H groups in total. The molecule has 0 saturated carbocycles. The van der Waals surface area contributed by atoms with Crippen molar-refractivity contribution in [2.75, 3.05) is 0 Å². The largest absolute Gasteiger partial charge is 0.456 e. The van der Waals surface area contributed by atoms with Crippen LogP contribution in [0.2, 0.25) is 0 Å². The molecule has 0 aliphatic carbocycles. The molecule has 0 saturated heterocycles. The number of imidazole rings is 12. The van der Waals surface area contributed by atoms with E-state index in [1.54, 1.807) is 0 Å². The highest BCUT2D eigenvalue weighted by molar-refractivity contribution is 6.22. The lowest BCUT2D eigenvalue weighted by Gasteiger charge is -1.97. The second-order valence-corrected chi connectivity index (χ2v) is 37.3. The zero-order chi connectivity index (χ0) is 95.0. The monoisotopic (exact) mass is 1870 g/mol. The molecular weight excluding hydrogens is 1790 g/mol. The van der Waals surface area contributed by atoms with Crippen LogP contribution in [-0.4, -0.2) is 83.7 Å². The maximum atomic E-state index is 6.22. The first kappa shape index (κ1) is 79.4. The smallest absolute Gasteiger partial charge is 0.215 e. The van der Waals surface area contributed by atoms with E-state index in [4.69, 9.17) is 56.4 Å². The molecule has 0 atom stereocenters. The Morgan fingerprint density at radius 2 is 0.444 bits per heavy atom. The molecule has 24 heteroatoms. The van der Waals surface area contributed by atoms with Crippen molar-refractivity contribution < 1.29 is 26.5 Å². The number of benzene rings is 18. The highest BCUT2D eigenvalue weighted by Gasteiger charge is 2.27. The quantitative estimate of drug-likeness (QED) is 0.139. The van der Waals surface area contributed by atoms with Crippen LogP contribution in [0.4, 0.5) is 0 Å². The van der Waals surface area contributed by atoms with Crippen molar-refractivity contribution in [1.82, 2.24) is 83.7 Å². The van der Waals surface area contributed by atoms with Crippen LogP contribution in [0.3, 0.4) is 0 Å². The minimum Gasteiger partial charge on any atom is -0.456 e. The van der Waals surface area contributed by atoms with Gasteiger partial charge in [0.25, 0.3) is 0 Å². The second kappa shape index (κ2) is 29.5. The summed E-state index contributed by atoms with van der Waals surface area (Å²) in [7, 11) is 12.4. The molecule has 36 rings (SSSR count).